The second-order valence-corrected chi connectivity index (χ2v) is 1.84. The Hall–Kier alpha value is -1.51. The molecule has 3 heteroatoms. The maximum atomic E-state index is 10.1. The van der Waals surface area contributed by atoms with Gasteiger partial charge in [-0.1, -0.05) is 12.7 Å². The fourth-order valence-corrected chi connectivity index (χ4v) is 0.670. The van der Waals surface area contributed by atoms with Gasteiger partial charge in [-0.2, -0.15) is 0 Å². The summed E-state index contributed by atoms with van der Waals surface area (Å²) in [7, 11) is 2.96. The number of rotatable bonds is 5. The van der Waals surface area contributed by atoms with E-state index >= 15 is 0 Å². The van der Waals surface area contributed by atoms with Crippen LogP contribution in [0.15, 0.2) is 36.3 Å². The van der Waals surface area contributed by atoms with Gasteiger partial charge in [-0.25, -0.2) is 0 Å². The zero-order chi connectivity index (χ0) is 9.40. The van der Waals surface area contributed by atoms with Gasteiger partial charge in [0.25, 0.3) is 0 Å². The summed E-state index contributed by atoms with van der Waals surface area (Å²) in [4.78, 5) is 10.1. The van der Waals surface area contributed by atoms with Gasteiger partial charge in [-0.05, 0) is 6.08 Å². The van der Waals surface area contributed by atoms with Crippen molar-refractivity contribution < 1.29 is 14.3 Å². The largest absolute Gasteiger partial charge is 0.493 e. The highest BCUT2D eigenvalue weighted by Gasteiger charge is 2.02. The normalized spacial score (nSPS) is 12.2. The van der Waals surface area contributed by atoms with Gasteiger partial charge in [0.2, 0.25) is 0 Å². The monoisotopic (exact) mass is 168 g/mol. The van der Waals surface area contributed by atoms with Crippen LogP contribution in [0.25, 0.3) is 0 Å². The molecule has 0 rings (SSSR count). The first kappa shape index (κ1) is 10.5. The van der Waals surface area contributed by atoms with Crippen LogP contribution < -0.4 is 0 Å². The van der Waals surface area contributed by atoms with Crippen molar-refractivity contribution >= 4 is 6.29 Å². The molecule has 0 unspecified atom stereocenters. The number of ether oxygens (including phenoxy) is 2. The molecular weight excluding hydrogens is 156 g/mol. The molecule has 0 aromatic carbocycles. The highest BCUT2D eigenvalue weighted by Crippen LogP contribution is 2.10. The topological polar surface area (TPSA) is 35.5 Å². The predicted molar refractivity (Wildman–Crippen MR) is 46.4 cm³/mol. The predicted octanol–water partition coefficient (Wildman–Crippen LogP) is 1.43. The van der Waals surface area contributed by atoms with Gasteiger partial charge in [0, 0.05) is 6.08 Å². The Morgan fingerprint density at radius 1 is 1.17 bits per heavy atom. The number of allylic oxidation sites excluding steroid dienone is 3. The number of methoxy groups -OCH3 is 2. The van der Waals surface area contributed by atoms with Crippen LogP contribution in [0, 0.1) is 0 Å². The van der Waals surface area contributed by atoms with E-state index in [0.717, 1.165) is 0 Å². The zero-order valence-corrected chi connectivity index (χ0v) is 7.24. The standard InChI is InChI=1S/C9H12O3/c1-4-5-8(11-2)9(12-3)6-7-10/h4-7H,1H2,2-3H3/b8-5+,9-6+. The van der Waals surface area contributed by atoms with Gasteiger partial charge >= 0.3 is 0 Å². The molecule has 0 aliphatic rings. The third-order valence-corrected chi connectivity index (χ3v) is 1.17. The molecular formula is C9H12O3. The number of hydrogen-bond donors (Lipinski definition) is 0. The molecule has 12 heavy (non-hydrogen) atoms. The number of aldehydes is 1. The molecule has 0 bridgehead atoms. The lowest BCUT2D eigenvalue weighted by Crippen LogP contribution is -1.95. The lowest BCUT2D eigenvalue weighted by Gasteiger charge is -2.07. The first-order chi connectivity index (χ1) is 5.79. The van der Waals surface area contributed by atoms with Crippen LogP contribution in [-0.2, 0) is 14.3 Å². The Morgan fingerprint density at radius 2 is 1.67 bits per heavy atom. The van der Waals surface area contributed by atoms with Gasteiger partial charge in [-0.3, -0.25) is 4.79 Å². The summed E-state index contributed by atoms with van der Waals surface area (Å²) in [6.45, 7) is 3.50. The van der Waals surface area contributed by atoms with Gasteiger partial charge in [-0.15, -0.1) is 0 Å². The van der Waals surface area contributed by atoms with E-state index in [-0.39, 0.29) is 0 Å². The minimum absolute atomic E-state index is 0.382. The Kier molecular flexibility index (Phi) is 5.43. The summed E-state index contributed by atoms with van der Waals surface area (Å²) in [5.41, 5.74) is 0. The molecule has 0 spiro atoms. The molecule has 0 radical (unpaired) electrons. The van der Waals surface area contributed by atoms with Crippen LogP contribution in [0.5, 0.6) is 0 Å². The molecule has 0 aromatic rings. The third kappa shape index (κ3) is 3.05. The summed E-state index contributed by atoms with van der Waals surface area (Å²) in [5, 5.41) is 0. The molecule has 0 heterocycles. The van der Waals surface area contributed by atoms with Crippen LogP contribution in [0.3, 0.4) is 0 Å². The van der Waals surface area contributed by atoms with Crippen LogP contribution in [-0.4, -0.2) is 20.5 Å². The summed E-state index contributed by atoms with van der Waals surface area (Å²) in [6, 6.07) is 0. The van der Waals surface area contributed by atoms with Crippen LogP contribution >= 0.6 is 0 Å². The lowest BCUT2D eigenvalue weighted by atomic mass is 10.3. The molecule has 0 N–H and O–H groups in total. The Labute approximate surface area is 72.0 Å². The molecule has 0 atom stereocenters. The first-order valence-corrected chi connectivity index (χ1v) is 3.36. The smallest absolute Gasteiger partial charge is 0.163 e. The Balaban J connectivity index is 4.66. The minimum atomic E-state index is 0.382. The Bertz CT molecular complexity index is 190. The van der Waals surface area contributed by atoms with Crippen LogP contribution in [0.1, 0.15) is 0 Å². The molecule has 0 aliphatic carbocycles. The van der Waals surface area contributed by atoms with E-state index in [1.54, 1.807) is 12.2 Å². The summed E-state index contributed by atoms with van der Waals surface area (Å²) >= 11 is 0. The molecule has 0 aliphatic heterocycles. The second-order valence-electron chi connectivity index (χ2n) is 1.84. The van der Waals surface area contributed by atoms with Gasteiger partial charge in [0.15, 0.2) is 11.5 Å². The average molecular weight is 168 g/mol. The van der Waals surface area contributed by atoms with E-state index in [2.05, 4.69) is 6.58 Å². The zero-order valence-electron chi connectivity index (χ0n) is 7.24. The van der Waals surface area contributed by atoms with Crippen molar-refractivity contribution in [2.45, 2.75) is 0 Å². The molecule has 66 valence electrons. The number of carbonyl (C=O) groups is 1. The van der Waals surface area contributed by atoms with Crippen LogP contribution in [0.4, 0.5) is 0 Å². The van der Waals surface area contributed by atoms with Gasteiger partial charge < -0.3 is 9.47 Å². The Morgan fingerprint density at radius 3 is 2.00 bits per heavy atom. The van der Waals surface area contributed by atoms with E-state index in [9.17, 15) is 4.79 Å². The van der Waals surface area contributed by atoms with E-state index < -0.39 is 0 Å². The van der Waals surface area contributed by atoms with Crippen molar-refractivity contribution in [3.63, 3.8) is 0 Å². The van der Waals surface area contributed by atoms with Crippen LogP contribution in [0.2, 0.25) is 0 Å². The van der Waals surface area contributed by atoms with Crippen molar-refractivity contribution in [1.82, 2.24) is 0 Å². The third-order valence-electron chi connectivity index (χ3n) is 1.17. The van der Waals surface area contributed by atoms with E-state index in [0.29, 0.717) is 17.8 Å². The second kappa shape index (κ2) is 6.22. The van der Waals surface area contributed by atoms with Gasteiger partial charge in [0.1, 0.15) is 6.29 Å². The lowest BCUT2D eigenvalue weighted by molar-refractivity contribution is -0.104. The molecule has 0 amide bonds. The maximum absolute atomic E-state index is 10.1. The molecule has 0 aromatic heterocycles. The first-order valence-electron chi connectivity index (χ1n) is 3.36. The summed E-state index contributed by atoms with van der Waals surface area (Å²) in [6.07, 6.45) is 5.07. The minimum Gasteiger partial charge on any atom is -0.493 e. The molecule has 0 saturated heterocycles. The van der Waals surface area contributed by atoms with Crippen molar-refractivity contribution in [1.29, 1.82) is 0 Å². The van der Waals surface area contributed by atoms with E-state index in [1.165, 1.54) is 20.3 Å². The van der Waals surface area contributed by atoms with Crippen molar-refractivity contribution in [3.05, 3.63) is 36.3 Å². The fraction of sp³-hybridized carbons (Fsp3) is 0.222. The quantitative estimate of drug-likeness (QED) is 0.269. The highest BCUT2D eigenvalue weighted by atomic mass is 16.5. The molecule has 0 fully saturated rings. The average Bonchev–Trinajstić information content (AvgIpc) is 2.11. The maximum Gasteiger partial charge on any atom is 0.163 e. The van der Waals surface area contributed by atoms with Crippen molar-refractivity contribution in [3.8, 4) is 0 Å². The van der Waals surface area contributed by atoms with Crippen molar-refractivity contribution in [2.24, 2.45) is 0 Å². The molecule has 0 saturated carbocycles. The summed E-state index contributed by atoms with van der Waals surface area (Å²) < 4.78 is 9.82. The number of hydrogen-bond acceptors (Lipinski definition) is 3. The van der Waals surface area contributed by atoms with Crippen molar-refractivity contribution in [2.75, 3.05) is 14.2 Å². The molecule has 3 nitrogen and oxygen atoms in total. The van der Waals surface area contributed by atoms with Gasteiger partial charge in [0.05, 0.1) is 14.2 Å². The highest BCUT2D eigenvalue weighted by molar-refractivity contribution is 5.66. The van der Waals surface area contributed by atoms with E-state index in [4.69, 9.17) is 9.47 Å². The fourth-order valence-electron chi connectivity index (χ4n) is 0.670. The van der Waals surface area contributed by atoms with E-state index in [1.807, 2.05) is 0 Å². The number of carbonyl (C=O) groups excluding carboxylic acids is 1. The summed E-state index contributed by atoms with van der Waals surface area (Å²) in [5.74, 6) is 0.854. The SMILES string of the molecule is C=C/C=C(OC)\C(=C/C=O)OC.